The maximum Gasteiger partial charge on any atom is 0.303 e. The number of hydrogen-bond acceptors (Lipinski definition) is 4. The van der Waals surface area contributed by atoms with E-state index >= 15 is 0 Å². The number of aliphatic carboxylic acids is 1. The van der Waals surface area contributed by atoms with Crippen LogP contribution in [0.5, 0.6) is 17.2 Å². The Morgan fingerprint density at radius 3 is 3.00 bits per heavy atom. The van der Waals surface area contributed by atoms with Crippen LogP contribution in [0.3, 0.4) is 0 Å². The van der Waals surface area contributed by atoms with Gasteiger partial charge in [0.25, 0.3) is 0 Å². The summed E-state index contributed by atoms with van der Waals surface area (Å²) < 4.78 is 15.9. The lowest BCUT2D eigenvalue weighted by atomic mass is 10.1. The van der Waals surface area contributed by atoms with Gasteiger partial charge in [-0.25, -0.2) is 0 Å². The predicted octanol–water partition coefficient (Wildman–Crippen LogP) is 1.90. The zero-order valence-corrected chi connectivity index (χ0v) is 9.51. The van der Waals surface area contributed by atoms with Gasteiger partial charge in [0.15, 0.2) is 11.5 Å². The molecule has 1 aromatic carbocycles. The van der Waals surface area contributed by atoms with E-state index in [9.17, 15) is 4.79 Å². The van der Waals surface area contributed by atoms with Gasteiger partial charge in [-0.05, 0) is 12.1 Å². The zero-order valence-electron chi connectivity index (χ0n) is 9.51. The Morgan fingerprint density at radius 1 is 1.47 bits per heavy atom. The van der Waals surface area contributed by atoms with E-state index in [1.807, 2.05) is 6.92 Å². The van der Waals surface area contributed by atoms with Crippen LogP contribution >= 0.6 is 0 Å². The molecule has 0 bridgehead atoms. The molecule has 1 aliphatic rings. The summed E-state index contributed by atoms with van der Waals surface area (Å²) in [5, 5.41) is 8.62. The number of fused-ring (bicyclic) bond motifs is 1. The molecule has 1 aliphatic heterocycles. The second-order valence-electron chi connectivity index (χ2n) is 4.03. The molecule has 0 fully saturated rings. The third-order valence-corrected chi connectivity index (χ3v) is 2.40. The van der Waals surface area contributed by atoms with Gasteiger partial charge >= 0.3 is 5.97 Å². The highest BCUT2D eigenvalue weighted by atomic mass is 16.7. The number of carboxylic acids is 1. The van der Waals surface area contributed by atoms with Crippen molar-refractivity contribution in [3.05, 3.63) is 18.2 Å². The number of carbonyl (C=O) groups is 1. The molecular formula is C12H14O5. The van der Waals surface area contributed by atoms with E-state index in [-0.39, 0.29) is 19.1 Å². The van der Waals surface area contributed by atoms with Crippen molar-refractivity contribution in [1.29, 1.82) is 0 Å². The Morgan fingerprint density at radius 2 is 2.24 bits per heavy atom. The van der Waals surface area contributed by atoms with E-state index < -0.39 is 5.97 Å². The molecule has 2 rings (SSSR count). The molecule has 0 saturated carbocycles. The SMILES string of the molecule is CC(COc1ccc2c(c1)OCO2)CC(=O)O. The topological polar surface area (TPSA) is 65.0 Å². The standard InChI is InChI=1S/C12H14O5/c1-8(4-12(13)14)6-15-9-2-3-10-11(5-9)17-7-16-10/h2-3,5,8H,4,6-7H2,1H3,(H,13,14). The van der Waals surface area contributed by atoms with E-state index in [0.29, 0.717) is 23.9 Å². The molecule has 0 amide bonds. The average Bonchev–Trinajstić information content (AvgIpc) is 2.72. The normalized spacial score (nSPS) is 14.4. The summed E-state index contributed by atoms with van der Waals surface area (Å²) in [4.78, 5) is 10.5. The molecule has 0 saturated heterocycles. The molecule has 0 radical (unpaired) electrons. The lowest BCUT2D eigenvalue weighted by molar-refractivity contribution is -0.138. The number of carboxylic acid groups (broad SMARTS) is 1. The molecule has 1 atom stereocenters. The van der Waals surface area contributed by atoms with Gasteiger partial charge in [0.05, 0.1) is 13.0 Å². The third kappa shape index (κ3) is 3.03. The van der Waals surface area contributed by atoms with Gasteiger partial charge in [-0.1, -0.05) is 6.92 Å². The minimum atomic E-state index is -0.813. The highest BCUT2D eigenvalue weighted by Crippen LogP contribution is 2.35. The van der Waals surface area contributed by atoms with Crippen LogP contribution in [0.1, 0.15) is 13.3 Å². The average molecular weight is 238 g/mol. The lowest BCUT2D eigenvalue weighted by Crippen LogP contribution is -2.12. The van der Waals surface area contributed by atoms with Crippen LogP contribution < -0.4 is 14.2 Å². The Labute approximate surface area is 98.9 Å². The van der Waals surface area contributed by atoms with Gasteiger partial charge < -0.3 is 19.3 Å². The molecule has 1 heterocycles. The molecule has 1 N–H and O–H groups in total. The molecule has 17 heavy (non-hydrogen) atoms. The molecule has 1 aromatic rings. The summed E-state index contributed by atoms with van der Waals surface area (Å²) >= 11 is 0. The Bertz CT molecular complexity index is 415. The van der Waals surface area contributed by atoms with Crippen molar-refractivity contribution in [1.82, 2.24) is 0 Å². The van der Waals surface area contributed by atoms with Gasteiger partial charge in [-0.3, -0.25) is 4.79 Å². The number of hydrogen-bond donors (Lipinski definition) is 1. The maximum atomic E-state index is 10.5. The molecular weight excluding hydrogens is 224 g/mol. The summed E-state index contributed by atoms with van der Waals surface area (Å²) in [5.41, 5.74) is 0. The molecule has 0 aliphatic carbocycles. The smallest absolute Gasteiger partial charge is 0.303 e. The van der Waals surface area contributed by atoms with Crippen LogP contribution in [0.2, 0.25) is 0 Å². The first kappa shape index (κ1) is 11.6. The predicted molar refractivity (Wildman–Crippen MR) is 59.5 cm³/mol. The summed E-state index contributed by atoms with van der Waals surface area (Å²) in [6.45, 7) is 2.43. The second kappa shape index (κ2) is 4.95. The summed E-state index contributed by atoms with van der Waals surface area (Å²) in [6, 6.07) is 5.30. The van der Waals surface area contributed by atoms with Crippen LogP contribution in [0.25, 0.3) is 0 Å². The molecule has 5 nitrogen and oxygen atoms in total. The fourth-order valence-electron chi connectivity index (χ4n) is 1.56. The van der Waals surface area contributed by atoms with E-state index in [4.69, 9.17) is 19.3 Å². The first-order valence-electron chi connectivity index (χ1n) is 5.39. The Kier molecular flexibility index (Phi) is 3.37. The molecule has 0 spiro atoms. The summed E-state index contributed by atoms with van der Waals surface area (Å²) in [6.07, 6.45) is 0.102. The largest absolute Gasteiger partial charge is 0.493 e. The van der Waals surface area contributed by atoms with Crippen LogP contribution in [0.15, 0.2) is 18.2 Å². The van der Waals surface area contributed by atoms with Crippen LogP contribution in [0, 0.1) is 5.92 Å². The summed E-state index contributed by atoms with van der Waals surface area (Å²) in [5.74, 6) is 1.18. The van der Waals surface area contributed by atoms with Crippen molar-refractivity contribution in [2.45, 2.75) is 13.3 Å². The van der Waals surface area contributed by atoms with E-state index in [2.05, 4.69) is 0 Å². The maximum absolute atomic E-state index is 10.5. The van der Waals surface area contributed by atoms with Gasteiger partial charge in [0.2, 0.25) is 6.79 Å². The van der Waals surface area contributed by atoms with Crippen molar-refractivity contribution < 1.29 is 24.1 Å². The number of benzene rings is 1. The number of rotatable bonds is 5. The van der Waals surface area contributed by atoms with Crippen molar-refractivity contribution in [3.8, 4) is 17.2 Å². The van der Waals surface area contributed by atoms with E-state index in [0.717, 1.165) is 0 Å². The fourth-order valence-corrected chi connectivity index (χ4v) is 1.56. The van der Waals surface area contributed by atoms with Crippen molar-refractivity contribution >= 4 is 5.97 Å². The highest BCUT2D eigenvalue weighted by Gasteiger charge is 2.14. The van der Waals surface area contributed by atoms with Crippen LogP contribution in [-0.4, -0.2) is 24.5 Å². The van der Waals surface area contributed by atoms with E-state index in [1.165, 1.54) is 0 Å². The lowest BCUT2D eigenvalue weighted by Gasteiger charge is -2.11. The van der Waals surface area contributed by atoms with Gasteiger partial charge in [-0.2, -0.15) is 0 Å². The third-order valence-electron chi connectivity index (χ3n) is 2.40. The van der Waals surface area contributed by atoms with Crippen molar-refractivity contribution in [2.24, 2.45) is 5.92 Å². The molecule has 1 unspecified atom stereocenters. The Hall–Kier alpha value is -1.91. The summed E-state index contributed by atoms with van der Waals surface area (Å²) in [7, 11) is 0. The monoisotopic (exact) mass is 238 g/mol. The molecule has 0 aromatic heterocycles. The van der Waals surface area contributed by atoms with Crippen molar-refractivity contribution in [3.63, 3.8) is 0 Å². The first-order chi connectivity index (χ1) is 8.15. The zero-order chi connectivity index (χ0) is 12.3. The number of ether oxygens (including phenoxy) is 3. The highest BCUT2D eigenvalue weighted by molar-refractivity contribution is 5.66. The first-order valence-corrected chi connectivity index (χ1v) is 5.39. The van der Waals surface area contributed by atoms with Crippen LogP contribution in [0.4, 0.5) is 0 Å². The van der Waals surface area contributed by atoms with E-state index in [1.54, 1.807) is 18.2 Å². The van der Waals surface area contributed by atoms with Gasteiger partial charge in [0, 0.05) is 12.0 Å². The fraction of sp³-hybridized carbons (Fsp3) is 0.417. The van der Waals surface area contributed by atoms with Crippen LogP contribution in [-0.2, 0) is 4.79 Å². The second-order valence-corrected chi connectivity index (χ2v) is 4.03. The molecule has 92 valence electrons. The minimum absolute atomic E-state index is 0.0297. The van der Waals surface area contributed by atoms with Crippen molar-refractivity contribution in [2.75, 3.05) is 13.4 Å². The quantitative estimate of drug-likeness (QED) is 0.848. The Balaban J connectivity index is 1.89. The minimum Gasteiger partial charge on any atom is -0.493 e. The van der Waals surface area contributed by atoms with Gasteiger partial charge in [0.1, 0.15) is 5.75 Å². The molecule has 5 heteroatoms. The van der Waals surface area contributed by atoms with Gasteiger partial charge in [-0.15, -0.1) is 0 Å².